The van der Waals surface area contributed by atoms with E-state index >= 15 is 0 Å². The Morgan fingerprint density at radius 3 is 2.27 bits per heavy atom. The average Bonchev–Trinajstić information content (AvgIpc) is 2.30. The fourth-order valence-corrected chi connectivity index (χ4v) is 1.37. The van der Waals surface area contributed by atoms with Gasteiger partial charge in [-0.1, -0.05) is 23.7 Å². The summed E-state index contributed by atoms with van der Waals surface area (Å²) in [6.45, 7) is 0. The molecule has 0 saturated carbocycles. The first kappa shape index (κ1) is 9.93. The van der Waals surface area contributed by atoms with E-state index in [1.807, 2.05) is 43.4 Å². The van der Waals surface area contributed by atoms with E-state index in [4.69, 9.17) is 11.6 Å². The van der Waals surface area contributed by atoms with Gasteiger partial charge in [0.25, 0.3) is 0 Å². The molecule has 76 valence electrons. The first-order chi connectivity index (χ1) is 7.29. The van der Waals surface area contributed by atoms with Crippen molar-refractivity contribution >= 4 is 17.4 Å². The van der Waals surface area contributed by atoms with Gasteiger partial charge in [0, 0.05) is 17.6 Å². The fraction of sp³-hybridized carbons (Fsp3) is 0.0909. The number of aromatic nitrogens is 2. The molecule has 0 atom stereocenters. The lowest BCUT2D eigenvalue weighted by molar-refractivity contribution is 1.04. The van der Waals surface area contributed by atoms with Gasteiger partial charge in [-0.3, -0.25) is 0 Å². The fourth-order valence-electron chi connectivity index (χ4n) is 1.24. The molecule has 0 radical (unpaired) electrons. The van der Waals surface area contributed by atoms with Crippen molar-refractivity contribution in [3.8, 4) is 11.3 Å². The number of anilines is 1. The molecule has 1 aromatic carbocycles. The van der Waals surface area contributed by atoms with Gasteiger partial charge in [0.15, 0.2) is 0 Å². The van der Waals surface area contributed by atoms with Gasteiger partial charge in [0.2, 0.25) is 0 Å². The summed E-state index contributed by atoms with van der Waals surface area (Å²) in [4.78, 5) is 0. The van der Waals surface area contributed by atoms with Crippen LogP contribution in [0.1, 0.15) is 0 Å². The molecule has 0 saturated heterocycles. The number of rotatable bonds is 2. The van der Waals surface area contributed by atoms with Crippen LogP contribution < -0.4 is 5.32 Å². The van der Waals surface area contributed by atoms with E-state index in [1.165, 1.54) is 0 Å². The highest BCUT2D eigenvalue weighted by Crippen LogP contribution is 2.19. The van der Waals surface area contributed by atoms with Crippen LogP contribution in [0.15, 0.2) is 36.4 Å². The monoisotopic (exact) mass is 219 g/mol. The Morgan fingerprint density at radius 1 is 1.00 bits per heavy atom. The molecule has 0 spiro atoms. The molecule has 0 aliphatic heterocycles. The van der Waals surface area contributed by atoms with Crippen molar-refractivity contribution < 1.29 is 0 Å². The molecule has 3 nitrogen and oxygen atoms in total. The van der Waals surface area contributed by atoms with E-state index < -0.39 is 0 Å². The molecular weight excluding hydrogens is 210 g/mol. The molecule has 0 bridgehead atoms. The smallest absolute Gasteiger partial charge is 0.148 e. The van der Waals surface area contributed by atoms with Crippen molar-refractivity contribution in [2.75, 3.05) is 12.4 Å². The normalized spacial score (nSPS) is 10.0. The number of nitrogens with one attached hydrogen (secondary N) is 1. The predicted octanol–water partition coefficient (Wildman–Crippen LogP) is 2.84. The van der Waals surface area contributed by atoms with Crippen LogP contribution in [-0.2, 0) is 0 Å². The molecule has 0 unspecified atom stereocenters. The van der Waals surface area contributed by atoms with Crippen molar-refractivity contribution in [1.82, 2.24) is 10.2 Å². The highest BCUT2D eigenvalue weighted by atomic mass is 35.5. The molecule has 2 rings (SSSR count). The molecule has 0 fully saturated rings. The van der Waals surface area contributed by atoms with E-state index in [0.717, 1.165) is 22.1 Å². The third-order valence-electron chi connectivity index (χ3n) is 2.06. The van der Waals surface area contributed by atoms with Gasteiger partial charge in [-0.15, -0.1) is 10.2 Å². The number of nitrogens with zero attached hydrogens (tertiary/aromatic N) is 2. The van der Waals surface area contributed by atoms with Crippen LogP contribution in [0.3, 0.4) is 0 Å². The molecule has 2 aromatic rings. The van der Waals surface area contributed by atoms with E-state index in [0.29, 0.717) is 0 Å². The van der Waals surface area contributed by atoms with Gasteiger partial charge >= 0.3 is 0 Å². The van der Waals surface area contributed by atoms with Gasteiger partial charge < -0.3 is 5.32 Å². The van der Waals surface area contributed by atoms with Crippen LogP contribution in [-0.4, -0.2) is 17.2 Å². The van der Waals surface area contributed by atoms with Gasteiger partial charge in [0.05, 0.1) is 5.69 Å². The number of benzene rings is 1. The average molecular weight is 220 g/mol. The second-order valence-electron chi connectivity index (χ2n) is 3.06. The Morgan fingerprint density at radius 2 is 1.73 bits per heavy atom. The van der Waals surface area contributed by atoms with Gasteiger partial charge in [0.1, 0.15) is 5.82 Å². The zero-order valence-electron chi connectivity index (χ0n) is 8.24. The molecule has 1 heterocycles. The molecule has 4 heteroatoms. The summed E-state index contributed by atoms with van der Waals surface area (Å²) in [6.07, 6.45) is 0. The van der Waals surface area contributed by atoms with Gasteiger partial charge in [-0.05, 0) is 24.3 Å². The Bertz CT molecular complexity index is 436. The maximum absolute atomic E-state index is 5.80. The lowest BCUT2D eigenvalue weighted by Gasteiger charge is -2.01. The van der Waals surface area contributed by atoms with Crippen LogP contribution in [0.5, 0.6) is 0 Å². The second kappa shape index (κ2) is 4.28. The van der Waals surface area contributed by atoms with Crippen LogP contribution in [0.4, 0.5) is 5.82 Å². The van der Waals surface area contributed by atoms with Crippen LogP contribution in [0, 0.1) is 0 Å². The zero-order chi connectivity index (χ0) is 10.7. The Kier molecular flexibility index (Phi) is 2.83. The standard InChI is InChI=1S/C11H10ClN3/c1-13-11-7-6-10(14-15-11)8-2-4-9(12)5-3-8/h2-7H,1H3,(H,13,15). The summed E-state index contributed by atoms with van der Waals surface area (Å²) < 4.78 is 0. The first-order valence-corrected chi connectivity index (χ1v) is 4.95. The summed E-state index contributed by atoms with van der Waals surface area (Å²) in [5.74, 6) is 0.757. The molecule has 0 aliphatic carbocycles. The molecule has 1 N–H and O–H groups in total. The summed E-state index contributed by atoms with van der Waals surface area (Å²) in [7, 11) is 1.81. The summed E-state index contributed by atoms with van der Waals surface area (Å²) in [5.41, 5.74) is 1.85. The molecular formula is C11H10ClN3. The van der Waals surface area contributed by atoms with Crippen molar-refractivity contribution in [2.24, 2.45) is 0 Å². The van der Waals surface area contributed by atoms with Crippen molar-refractivity contribution in [1.29, 1.82) is 0 Å². The second-order valence-corrected chi connectivity index (χ2v) is 3.50. The van der Waals surface area contributed by atoms with E-state index in [-0.39, 0.29) is 0 Å². The van der Waals surface area contributed by atoms with E-state index in [1.54, 1.807) is 0 Å². The maximum Gasteiger partial charge on any atom is 0.148 e. The van der Waals surface area contributed by atoms with Crippen molar-refractivity contribution in [3.05, 3.63) is 41.4 Å². The van der Waals surface area contributed by atoms with Crippen molar-refractivity contribution in [2.45, 2.75) is 0 Å². The topological polar surface area (TPSA) is 37.8 Å². The van der Waals surface area contributed by atoms with Crippen molar-refractivity contribution in [3.63, 3.8) is 0 Å². The largest absolute Gasteiger partial charge is 0.372 e. The molecule has 15 heavy (non-hydrogen) atoms. The third kappa shape index (κ3) is 2.25. The highest BCUT2D eigenvalue weighted by molar-refractivity contribution is 6.30. The van der Waals surface area contributed by atoms with Gasteiger partial charge in [-0.25, -0.2) is 0 Å². The summed E-state index contributed by atoms with van der Waals surface area (Å²) in [5, 5.41) is 11.7. The Hall–Kier alpha value is -1.61. The van der Waals surface area contributed by atoms with Crippen LogP contribution >= 0.6 is 11.6 Å². The minimum absolute atomic E-state index is 0.721. The highest BCUT2D eigenvalue weighted by Gasteiger charge is 1.99. The zero-order valence-corrected chi connectivity index (χ0v) is 8.99. The minimum Gasteiger partial charge on any atom is -0.372 e. The quantitative estimate of drug-likeness (QED) is 0.844. The predicted molar refractivity (Wildman–Crippen MR) is 62.0 cm³/mol. The first-order valence-electron chi connectivity index (χ1n) is 4.57. The van der Waals surface area contributed by atoms with Gasteiger partial charge in [-0.2, -0.15) is 0 Å². The van der Waals surface area contributed by atoms with Crippen LogP contribution in [0.25, 0.3) is 11.3 Å². The SMILES string of the molecule is CNc1ccc(-c2ccc(Cl)cc2)nn1. The minimum atomic E-state index is 0.721. The molecule has 0 amide bonds. The summed E-state index contributed by atoms with van der Waals surface area (Å²) in [6, 6.07) is 11.3. The Balaban J connectivity index is 2.33. The van der Waals surface area contributed by atoms with E-state index in [2.05, 4.69) is 15.5 Å². The van der Waals surface area contributed by atoms with E-state index in [9.17, 15) is 0 Å². The maximum atomic E-state index is 5.80. The number of halogens is 1. The number of hydrogen-bond donors (Lipinski definition) is 1. The number of hydrogen-bond acceptors (Lipinski definition) is 3. The van der Waals surface area contributed by atoms with Crippen LogP contribution in [0.2, 0.25) is 5.02 Å². The molecule has 1 aromatic heterocycles. The third-order valence-corrected chi connectivity index (χ3v) is 2.31. The summed E-state index contributed by atoms with van der Waals surface area (Å²) >= 11 is 5.80. The lowest BCUT2D eigenvalue weighted by atomic mass is 10.1. The Labute approximate surface area is 93.1 Å². The molecule has 0 aliphatic rings. The lowest BCUT2D eigenvalue weighted by Crippen LogP contribution is -1.94.